The van der Waals surface area contributed by atoms with Crippen molar-refractivity contribution in [2.75, 3.05) is 11.5 Å². The monoisotopic (exact) mass is 282 g/mol. The number of rotatable bonds is 3. The third kappa shape index (κ3) is 2.99. The van der Waals surface area contributed by atoms with Crippen molar-refractivity contribution in [2.45, 2.75) is 25.9 Å². The average molecular weight is 282 g/mol. The largest absolute Gasteiger partial charge is 0.457 e. The molecule has 3 rings (SSSR count). The number of aryl methyl sites for hydroxylation is 2. The zero-order valence-electron chi connectivity index (χ0n) is 11.8. The molecular weight excluding hydrogens is 264 g/mol. The quantitative estimate of drug-likeness (QED) is 0.670. The van der Waals surface area contributed by atoms with E-state index in [0.29, 0.717) is 16.9 Å². The summed E-state index contributed by atoms with van der Waals surface area (Å²) in [7, 11) is 0. The molecule has 0 spiro atoms. The van der Waals surface area contributed by atoms with Crippen LogP contribution in [0.25, 0.3) is 0 Å². The number of carbonyl (C=O) groups excluding carboxylic acids is 1. The molecule has 0 aromatic heterocycles. The summed E-state index contributed by atoms with van der Waals surface area (Å²) >= 11 is 0. The first kappa shape index (κ1) is 13.5. The summed E-state index contributed by atoms with van der Waals surface area (Å²) < 4.78 is 5.33. The summed E-state index contributed by atoms with van der Waals surface area (Å²) in [4.78, 5) is 12.0. The van der Waals surface area contributed by atoms with E-state index < -0.39 is 5.97 Å². The van der Waals surface area contributed by atoms with Gasteiger partial charge in [-0.2, -0.15) is 0 Å². The van der Waals surface area contributed by atoms with E-state index in [1.165, 1.54) is 17.5 Å². The van der Waals surface area contributed by atoms with Crippen LogP contribution in [-0.2, 0) is 24.2 Å². The number of carbonyl (C=O) groups is 1. The van der Waals surface area contributed by atoms with Gasteiger partial charge in [0.1, 0.15) is 6.61 Å². The third-order valence-electron chi connectivity index (χ3n) is 3.75. The molecule has 0 atom stereocenters. The molecule has 4 nitrogen and oxygen atoms in total. The van der Waals surface area contributed by atoms with Gasteiger partial charge in [0.05, 0.1) is 5.56 Å². The van der Waals surface area contributed by atoms with Crippen LogP contribution in [-0.4, -0.2) is 5.97 Å². The lowest BCUT2D eigenvalue weighted by Crippen LogP contribution is -2.07. The van der Waals surface area contributed by atoms with E-state index in [9.17, 15) is 4.79 Å². The average Bonchev–Trinajstić information content (AvgIpc) is 2.91. The summed E-state index contributed by atoms with van der Waals surface area (Å²) in [5.41, 5.74) is 16.5. The van der Waals surface area contributed by atoms with Crippen molar-refractivity contribution in [3.8, 4) is 0 Å². The highest BCUT2D eigenvalue weighted by Gasteiger charge is 2.12. The Hall–Kier alpha value is -2.49. The number of nitrogens with two attached hydrogens (primary N) is 2. The van der Waals surface area contributed by atoms with E-state index in [1.807, 2.05) is 6.07 Å². The van der Waals surface area contributed by atoms with Gasteiger partial charge in [0.2, 0.25) is 0 Å². The lowest BCUT2D eigenvalue weighted by molar-refractivity contribution is 0.0473. The van der Waals surface area contributed by atoms with Gasteiger partial charge in [-0.1, -0.05) is 18.2 Å². The Balaban J connectivity index is 1.68. The first-order valence-corrected chi connectivity index (χ1v) is 7.06. The van der Waals surface area contributed by atoms with Crippen molar-refractivity contribution in [1.29, 1.82) is 0 Å². The molecule has 0 amide bonds. The Morgan fingerprint density at radius 3 is 2.48 bits per heavy atom. The molecule has 0 fully saturated rings. The van der Waals surface area contributed by atoms with E-state index in [2.05, 4.69) is 12.1 Å². The zero-order valence-corrected chi connectivity index (χ0v) is 11.8. The topological polar surface area (TPSA) is 78.3 Å². The third-order valence-corrected chi connectivity index (χ3v) is 3.75. The van der Waals surface area contributed by atoms with Gasteiger partial charge in [0.15, 0.2) is 0 Å². The molecule has 4 heteroatoms. The summed E-state index contributed by atoms with van der Waals surface area (Å²) in [6.07, 6.45) is 3.47. The maximum atomic E-state index is 12.0. The number of benzene rings is 2. The van der Waals surface area contributed by atoms with Gasteiger partial charge in [-0.25, -0.2) is 4.79 Å². The summed E-state index contributed by atoms with van der Waals surface area (Å²) in [6.45, 7) is 0.265. The molecule has 108 valence electrons. The minimum Gasteiger partial charge on any atom is -0.457 e. The first-order chi connectivity index (χ1) is 10.1. The molecule has 0 unspecified atom stereocenters. The van der Waals surface area contributed by atoms with Crippen LogP contribution in [0, 0.1) is 0 Å². The van der Waals surface area contributed by atoms with E-state index in [1.54, 1.807) is 18.2 Å². The Morgan fingerprint density at radius 1 is 1.00 bits per heavy atom. The number of hydrogen-bond donors (Lipinski definition) is 2. The Labute approximate surface area is 123 Å². The number of hydrogen-bond acceptors (Lipinski definition) is 4. The minimum absolute atomic E-state index is 0.265. The molecular formula is C17H18N2O2. The van der Waals surface area contributed by atoms with Crippen molar-refractivity contribution in [2.24, 2.45) is 0 Å². The van der Waals surface area contributed by atoms with Crippen molar-refractivity contribution in [3.63, 3.8) is 0 Å². The van der Waals surface area contributed by atoms with Gasteiger partial charge in [-0.05, 0) is 54.2 Å². The van der Waals surface area contributed by atoms with Gasteiger partial charge in [0.25, 0.3) is 0 Å². The van der Waals surface area contributed by atoms with Gasteiger partial charge >= 0.3 is 5.97 Å². The van der Waals surface area contributed by atoms with Crippen LogP contribution in [0.15, 0.2) is 36.4 Å². The molecule has 1 aliphatic rings. The first-order valence-electron chi connectivity index (χ1n) is 7.06. The molecule has 0 radical (unpaired) electrons. The smallest absolute Gasteiger partial charge is 0.338 e. The van der Waals surface area contributed by atoms with Crippen LogP contribution in [0.2, 0.25) is 0 Å². The SMILES string of the molecule is Nc1cc(N)cc(C(=O)OCc2ccc3c(c2)CCC3)c1. The van der Waals surface area contributed by atoms with Crippen LogP contribution in [0.5, 0.6) is 0 Å². The normalized spacial score (nSPS) is 13.0. The predicted molar refractivity (Wildman–Crippen MR) is 82.9 cm³/mol. The minimum atomic E-state index is -0.408. The molecule has 0 heterocycles. The van der Waals surface area contributed by atoms with E-state index in [0.717, 1.165) is 18.4 Å². The fraction of sp³-hybridized carbons (Fsp3) is 0.235. The lowest BCUT2D eigenvalue weighted by atomic mass is 10.1. The maximum absolute atomic E-state index is 12.0. The standard InChI is InChI=1S/C17H18N2O2/c18-15-7-14(8-16(19)9-15)17(20)21-10-11-4-5-12-2-1-3-13(12)6-11/h4-9H,1-3,10,18-19H2. The van der Waals surface area contributed by atoms with Gasteiger partial charge in [-0.15, -0.1) is 0 Å². The Kier molecular flexibility index (Phi) is 3.52. The highest BCUT2D eigenvalue weighted by atomic mass is 16.5. The maximum Gasteiger partial charge on any atom is 0.338 e. The highest BCUT2D eigenvalue weighted by molar-refractivity contribution is 5.91. The Bertz CT molecular complexity index is 675. The number of fused-ring (bicyclic) bond motifs is 1. The van der Waals surface area contributed by atoms with Crippen LogP contribution in [0.4, 0.5) is 11.4 Å². The molecule has 0 bridgehead atoms. The van der Waals surface area contributed by atoms with Crippen LogP contribution in [0.1, 0.15) is 33.5 Å². The molecule has 4 N–H and O–H groups in total. The summed E-state index contributed by atoms with van der Waals surface area (Å²) in [6, 6.07) is 11.0. The van der Waals surface area contributed by atoms with Gasteiger partial charge < -0.3 is 16.2 Å². The zero-order chi connectivity index (χ0) is 14.8. The van der Waals surface area contributed by atoms with E-state index in [-0.39, 0.29) is 6.61 Å². The second kappa shape index (κ2) is 5.48. The van der Waals surface area contributed by atoms with Gasteiger partial charge in [0, 0.05) is 11.4 Å². The molecule has 0 saturated heterocycles. The molecule has 0 aliphatic heterocycles. The van der Waals surface area contributed by atoms with Crippen molar-refractivity contribution in [3.05, 3.63) is 58.7 Å². The van der Waals surface area contributed by atoms with E-state index in [4.69, 9.17) is 16.2 Å². The second-order valence-electron chi connectivity index (χ2n) is 5.42. The molecule has 1 aliphatic carbocycles. The number of ether oxygens (including phenoxy) is 1. The predicted octanol–water partition coefficient (Wildman–Crippen LogP) is 2.70. The lowest BCUT2D eigenvalue weighted by Gasteiger charge is -2.08. The van der Waals surface area contributed by atoms with Crippen molar-refractivity contribution >= 4 is 17.3 Å². The Morgan fingerprint density at radius 2 is 1.71 bits per heavy atom. The van der Waals surface area contributed by atoms with E-state index >= 15 is 0 Å². The van der Waals surface area contributed by atoms with Crippen LogP contribution >= 0.6 is 0 Å². The molecule has 2 aromatic rings. The fourth-order valence-corrected chi connectivity index (χ4v) is 2.74. The molecule has 0 saturated carbocycles. The summed E-state index contributed by atoms with van der Waals surface area (Å²) in [5.74, 6) is -0.408. The van der Waals surface area contributed by atoms with Crippen molar-refractivity contribution < 1.29 is 9.53 Å². The van der Waals surface area contributed by atoms with Crippen LogP contribution in [0.3, 0.4) is 0 Å². The fourth-order valence-electron chi connectivity index (χ4n) is 2.74. The number of anilines is 2. The number of nitrogen functional groups attached to an aromatic ring is 2. The van der Waals surface area contributed by atoms with Crippen LogP contribution < -0.4 is 11.5 Å². The van der Waals surface area contributed by atoms with Crippen molar-refractivity contribution in [1.82, 2.24) is 0 Å². The van der Waals surface area contributed by atoms with Gasteiger partial charge in [-0.3, -0.25) is 0 Å². The second-order valence-corrected chi connectivity index (χ2v) is 5.42. The summed E-state index contributed by atoms with van der Waals surface area (Å²) in [5, 5.41) is 0. The highest BCUT2D eigenvalue weighted by Crippen LogP contribution is 2.23. The number of esters is 1. The molecule has 21 heavy (non-hydrogen) atoms. The molecule has 2 aromatic carbocycles.